The van der Waals surface area contributed by atoms with E-state index in [2.05, 4.69) is 16.6 Å². The zero-order valence-corrected chi connectivity index (χ0v) is 14.2. The molecule has 1 aliphatic rings. The van der Waals surface area contributed by atoms with E-state index in [1.54, 1.807) is 6.08 Å². The zero-order chi connectivity index (χ0) is 17.6. The van der Waals surface area contributed by atoms with Crippen molar-refractivity contribution < 1.29 is 13.2 Å². The number of benzene rings is 1. The van der Waals surface area contributed by atoms with Crippen LogP contribution in [0.15, 0.2) is 41.8 Å². The van der Waals surface area contributed by atoms with E-state index < -0.39 is 15.6 Å². The molecule has 7 heteroatoms. The lowest BCUT2D eigenvalue weighted by atomic mass is 9.82. The van der Waals surface area contributed by atoms with Crippen molar-refractivity contribution in [2.45, 2.75) is 42.5 Å². The normalized spacial score (nSPS) is 16.8. The molecule has 0 spiro atoms. The number of carbonyl (C=O) groups is 1. The Morgan fingerprint density at radius 2 is 1.88 bits per heavy atom. The molecule has 0 aliphatic heterocycles. The summed E-state index contributed by atoms with van der Waals surface area (Å²) in [4.78, 5) is 12.6. The molecule has 128 valence electrons. The van der Waals surface area contributed by atoms with Crippen LogP contribution in [0.2, 0.25) is 0 Å². The van der Waals surface area contributed by atoms with Gasteiger partial charge >= 0.3 is 0 Å². The van der Waals surface area contributed by atoms with Gasteiger partial charge < -0.3 is 5.32 Å². The number of nitrogens with one attached hydrogen (secondary N) is 2. The van der Waals surface area contributed by atoms with Gasteiger partial charge in [0.25, 0.3) is 0 Å². The van der Waals surface area contributed by atoms with Crippen molar-refractivity contribution in [3.8, 4) is 6.07 Å². The third-order valence-electron chi connectivity index (χ3n) is 4.17. The third-order valence-corrected chi connectivity index (χ3v) is 5.72. The predicted molar refractivity (Wildman–Crippen MR) is 90.5 cm³/mol. The van der Waals surface area contributed by atoms with Crippen LogP contribution in [-0.2, 0) is 14.8 Å². The maximum absolute atomic E-state index is 12.7. The van der Waals surface area contributed by atoms with Gasteiger partial charge in [-0.05, 0) is 37.1 Å². The highest BCUT2D eigenvalue weighted by molar-refractivity contribution is 7.89. The van der Waals surface area contributed by atoms with E-state index in [0.29, 0.717) is 24.9 Å². The summed E-state index contributed by atoms with van der Waals surface area (Å²) in [5, 5.41) is 11.5. The van der Waals surface area contributed by atoms with Gasteiger partial charge in [0.05, 0.1) is 16.5 Å². The molecule has 0 saturated heterocycles. The summed E-state index contributed by atoms with van der Waals surface area (Å²) in [5.74, 6) is -0.320. The number of nitriles is 1. The number of hydrogen-bond acceptors (Lipinski definition) is 4. The molecule has 0 bridgehead atoms. The molecular formula is C17H21N3O3S. The molecule has 2 rings (SSSR count). The first-order valence-electron chi connectivity index (χ1n) is 7.87. The summed E-state index contributed by atoms with van der Waals surface area (Å²) >= 11 is 0. The molecule has 0 atom stereocenters. The van der Waals surface area contributed by atoms with Crippen molar-refractivity contribution in [1.29, 1.82) is 5.26 Å². The van der Waals surface area contributed by atoms with Gasteiger partial charge in [-0.25, -0.2) is 8.42 Å². The Labute approximate surface area is 142 Å². The first-order valence-corrected chi connectivity index (χ1v) is 9.35. The Bertz CT molecular complexity index is 742. The standard InChI is InChI=1S/C17H21N3O3S/c1-2-12-19-16(21)17(10-4-3-5-11-17)20-24(22,23)15-8-6-14(13-18)7-9-15/h2,6-9,20H,1,3-5,10-12H2,(H,19,21). The second-order valence-corrected chi connectivity index (χ2v) is 7.57. The van der Waals surface area contributed by atoms with Gasteiger partial charge in [0.15, 0.2) is 0 Å². The van der Waals surface area contributed by atoms with Gasteiger partial charge in [0.1, 0.15) is 5.54 Å². The summed E-state index contributed by atoms with van der Waals surface area (Å²) in [7, 11) is -3.86. The van der Waals surface area contributed by atoms with Crippen molar-refractivity contribution in [2.75, 3.05) is 6.54 Å². The maximum Gasteiger partial charge on any atom is 0.241 e. The van der Waals surface area contributed by atoms with E-state index in [1.165, 1.54) is 24.3 Å². The van der Waals surface area contributed by atoms with Crippen LogP contribution in [0.3, 0.4) is 0 Å². The maximum atomic E-state index is 12.7. The van der Waals surface area contributed by atoms with Gasteiger partial charge in [-0.1, -0.05) is 25.3 Å². The lowest BCUT2D eigenvalue weighted by Crippen LogP contribution is -2.59. The lowest BCUT2D eigenvalue weighted by molar-refractivity contribution is -0.128. The quantitative estimate of drug-likeness (QED) is 0.767. The van der Waals surface area contributed by atoms with Crippen LogP contribution < -0.4 is 10.0 Å². The number of sulfonamides is 1. The molecule has 1 aromatic carbocycles. The van der Waals surface area contributed by atoms with Crippen LogP contribution >= 0.6 is 0 Å². The highest BCUT2D eigenvalue weighted by atomic mass is 32.2. The predicted octanol–water partition coefficient (Wildman–Crippen LogP) is 1.84. The van der Waals surface area contributed by atoms with Gasteiger partial charge in [-0.15, -0.1) is 6.58 Å². The molecule has 1 saturated carbocycles. The molecule has 1 aromatic rings. The summed E-state index contributed by atoms with van der Waals surface area (Å²) in [5.41, 5.74) is -0.751. The molecule has 1 amide bonds. The molecule has 0 aromatic heterocycles. The van der Waals surface area contributed by atoms with Crippen molar-refractivity contribution >= 4 is 15.9 Å². The van der Waals surface area contributed by atoms with Crippen LogP contribution in [0, 0.1) is 11.3 Å². The van der Waals surface area contributed by atoms with Gasteiger partial charge in [0.2, 0.25) is 15.9 Å². The van der Waals surface area contributed by atoms with E-state index in [9.17, 15) is 13.2 Å². The Hall–Kier alpha value is -2.17. The molecular weight excluding hydrogens is 326 g/mol. The van der Waals surface area contributed by atoms with Crippen molar-refractivity contribution in [3.63, 3.8) is 0 Å². The van der Waals surface area contributed by atoms with Crippen molar-refractivity contribution in [2.24, 2.45) is 0 Å². The fourth-order valence-corrected chi connectivity index (χ4v) is 4.31. The second kappa shape index (κ2) is 7.60. The molecule has 2 N–H and O–H groups in total. The summed E-state index contributed by atoms with van der Waals surface area (Å²) in [6, 6.07) is 7.58. The third kappa shape index (κ3) is 4.02. The number of amides is 1. The first-order chi connectivity index (χ1) is 11.4. The molecule has 0 heterocycles. The summed E-state index contributed by atoms with van der Waals surface area (Å²) in [6.07, 6.45) is 5.05. The average Bonchev–Trinajstić information content (AvgIpc) is 2.60. The van der Waals surface area contributed by atoms with Crippen LogP contribution in [-0.4, -0.2) is 26.4 Å². The minimum Gasteiger partial charge on any atom is -0.351 e. The number of rotatable bonds is 6. The van der Waals surface area contributed by atoms with E-state index >= 15 is 0 Å². The van der Waals surface area contributed by atoms with Crippen LogP contribution in [0.5, 0.6) is 0 Å². The Kier molecular flexibility index (Phi) is 5.75. The van der Waals surface area contributed by atoms with Gasteiger partial charge in [0, 0.05) is 6.54 Å². The largest absolute Gasteiger partial charge is 0.351 e. The van der Waals surface area contributed by atoms with Crippen LogP contribution in [0.1, 0.15) is 37.7 Å². The number of hydrogen-bond donors (Lipinski definition) is 2. The first kappa shape index (κ1) is 18.2. The minimum atomic E-state index is -3.86. The number of nitrogens with zero attached hydrogens (tertiary/aromatic N) is 1. The zero-order valence-electron chi connectivity index (χ0n) is 13.4. The average molecular weight is 347 g/mol. The fraction of sp³-hybridized carbons (Fsp3) is 0.412. The van der Waals surface area contributed by atoms with Crippen molar-refractivity contribution in [3.05, 3.63) is 42.5 Å². The van der Waals surface area contributed by atoms with E-state index in [4.69, 9.17) is 5.26 Å². The Balaban J connectivity index is 2.28. The van der Waals surface area contributed by atoms with E-state index in [0.717, 1.165) is 19.3 Å². The van der Waals surface area contributed by atoms with Crippen molar-refractivity contribution in [1.82, 2.24) is 10.0 Å². The van der Waals surface area contributed by atoms with Gasteiger partial charge in [-0.3, -0.25) is 4.79 Å². The van der Waals surface area contributed by atoms with E-state index in [-0.39, 0.29) is 10.8 Å². The highest BCUT2D eigenvalue weighted by Crippen LogP contribution is 2.30. The second-order valence-electron chi connectivity index (χ2n) is 5.88. The highest BCUT2D eigenvalue weighted by Gasteiger charge is 2.42. The van der Waals surface area contributed by atoms with E-state index in [1.807, 2.05) is 6.07 Å². The Morgan fingerprint density at radius 3 is 2.42 bits per heavy atom. The molecule has 0 radical (unpaired) electrons. The van der Waals surface area contributed by atoms with Crippen LogP contribution in [0.25, 0.3) is 0 Å². The lowest BCUT2D eigenvalue weighted by Gasteiger charge is -2.36. The summed E-state index contributed by atoms with van der Waals surface area (Å²) in [6.45, 7) is 3.85. The van der Waals surface area contributed by atoms with Gasteiger partial charge in [-0.2, -0.15) is 9.98 Å². The van der Waals surface area contributed by atoms with Crippen LogP contribution in [0.4, 0.5) is 0 Å². The number of carbonyl (C=O) groups excluding carboxylic acids is 1. The SMILES string of the molecule is C=CCNC(=O)C1(NS(=O)(=O)c2ccc(C#N)cc2)CCCCC1. The molecule has 0 unspecified atom stereocenters. The molecule has 24 heavy (non-hydrogen) atoms. The molecule has 1 fully saturated rings. The topological polar surface area (TPSA) is 99.1 Å². The Morgan fingerprint density at radius 1 is 1.25 bits per heavy atom. The molecule has 6 nitrogen and oxygen atoms in total. The minimum absolute atomic E-state index is 0.0444. The smallest absolute Gasteiger partial charge is 0.241 e. The summed E-state index contributed by atoms with van der Waals surface area (Å²) < 4.78 is 28.0. The fourth-order valence-electron chi connectivity index (χ4n) is 2.89. The monoisotopic (exact) mass is 347 g/mol. The molecule has 1 aliphatic carbocycles.